The fraction of sp³-hybridized carbons (Fsp3) is 0.765. The van der Waals surface area contributed by atoms with Crippen molar-refractivity contribution in [2.45, 2.75) is 65.2 Å². The molecule has 0 aromatic carbocycles. The molecule has 3 rings (SSSR count). The van der Waals surface area contributed by atoms with Gasteiger partial charge in [-0.2, -0.15) is 0 Å². The van der Waals surface area contributed by atoms with Gasteiger partial charge >= 0.3 is 0 Å². The average Bonchev–Trinajstić information content (AvgIpc) is 2.34. The number of allylic oxidation sites excluding steroid dienone is 2. The zero-order valence-electron chi connectivity index (χ0n) is 11.5. The first kappa shape index (κ1) is 12.7. The van der Waals surface area contributed by atoms with E-state index < -0.39 is 0 Å². The molecule has 2 bridgehead atoms. The van der Waals surface area contributed by atoms with Gasteiger partial charge in [0.25, 0.3) is 0 Å². The number of fused-ring (bicyclic) bond motifs is 8. The highest BCUT2D eigenvalue weighted by Crippen LogP contribution is 2.36. The molecule has 0 nitrogen and oxygen atoms in total. The van der Waals surface area contributed by atoms with Gasteiger partial charge < -0.3 is 0 Å². The Morgan fingerprint density at radius 2 is 2.00 bits per heavy atom. The Hall–Kier alpha value is -0.700. The molecule has 94 valence electrons. The zero-order chi connectivity index (χ0) is 12.1. The zero-order valence-corrected chi connectivity index (χ0v) is 11.5. The Bertz CT molecular complexity index is 337. The summed E-state index contributed by atoms with van der Waals surface area (Å²) in [5.74, 6) is 2.74. The number of hydrogen-bond donors (Lipinski definition) is 0. The molecule has 1 fully saturated rings. The summed E-state index contributed by atoms with van der Waals surface area (Å²) < 4.78 is 0. The summed E-state index contributed by atoms with van der Waals surface area (Å²) in [4.78, 5) is 0. The molecular weight excluding hydrogens is 204 g/mol. The van der Waals surface area contributed by atoms with Crippen LogP contribution in [0.2, 0.25) is 0 Å². The minimum Gasteiger partial charge on any atom is -0.0747 e. The van der Waals surface area contributed by atoms with E-state index >= 15 is 0 Å². The second kappa shape index (κ2) is 6.29. The summed E-state index contributed by atoms with van der Waals surface area (Å²) in [6, 6.07) is 0. The molecule has 17 heavy (non-hydrogen) atoms. The molecule has 1 saturated carbocycles. The third kappa shape index (κ3) is 3.91. The standard InChI is InChI=1S/C17H26/c1-14-7-5-3-4-6-8-16-10-12-17(11-9-14)15(2)13-16/h4,14-15,17H,3,5,7,9-13H2,1-2H3. The average molecular weight is 230 g/mol. The van der Waals surface area contributed by atoms with E-state index in [0.29, 0.717) is 0 Å². The molecule has 3 aliphatic carbocycles. The fourth-order valence-corrected chi connectivity index (χ4v) is 3.28. The highest BCUT2D eigenvalue weighted by atomic mass is 14.3. The SMILES string of the molecule is CC1CCCC=C=C=C2CCC(CC1)C(C)C2. The van der Waals surface area contributed by atoms with Crippen LogP contribution in [0.25, 0.3) is 0 Å². The minimum atomic E-state index is 0.862. The van der Waals surface area contributed by atoms with E-state index in [2.05, 4.69) is 31.4 Å². The van der Waals surface area contributed by atoms with Crippen LogP contribution in [-0.2, 0) is 0 Å². The quantitative estimate of drug-likeness (QED) is 0.498. The van der Waals surface area contributed by atoms with Gasteiger partial charge in [0.1, 0.15) is 0 Å². The molecule has 0 aromatic rings. The van der Waals surface area contributed by atoms with Crippen LogP contribution in [0.1, 0.15) is 65.2 Å². The third-order valence-corrected chi connectivity index (χ3v) is 4.62. The summed E-state index contributed by atoms with van der Waals surface area (Å²) in [6.07, 6.45) is 12.9. The van der Waals surface area contributed by atoms with Crippen molar-refractivity contribution >= 4 is 0 Å². The van der Waals surface area contributed by atoms with Gasteiger partial charge in [-0.3, -0.25) is 0 Å². The highest BCUT2D eigenvalue weighted by Gasteiger charge is 2.24. The predicted molar refractivity (Wildman–Crippen MR) is 73.9 cm³/mol. The molecule has 3 atom stereocenters. The Labute approximate surface area is 106 Å². The van der Waals surface area contributed by atoms with Crippen LogP contribution in [0.15, 0.2) is 23.1 Å². The maximum absolute atomic E-state index is 3.40. The molecule has 0 spiro atoms. The maximum Gasteiger partial charge on any atom is -0.0196 e. The van der Waals surface area contributed by atoms with Crippen molar-refractivity contribution in [3.8, 4) is 0 Å². The van der Waals surface area contributed by atoms with Crippen molar-refractivity contribution in [1.82, 2.24) is 0 Å². The van der Waals surface area contributed by atoms with Crippen molar-refractivity contribution in [3.05, 3.63) is 23.1 Å². The van der Waals surface area contributed by atoms with Crippen molar-refractivity contribution in [2.24, 2.45) is 17.8 Å². The third-order valence-electron chi connectivity index (χ3n) is 4.62. The largest absolute Gasteiger partial charge is 0.0747 e. The van der Waals surface area contributed by atoms with Gasteiger partial charge in [-0.05, 0) is 67.9 Å². The van der Waals surface area contributed by atoms with E-state index in [4.69, 9.17) is 0 Å². The van der Waals surface area contributed by atoms with E-state index in [1.807, 2.05) is 0 Å². The first-order valence-corrected chi connectivity index (χ1v) is 7.43. The van der Waals surface area contributed by atoms with Gasteiger partial charge in [0.15, 0.2) is 0 Å². The van der Waals surface area contributed by atoms with Crippen molar-refractivity contribution in [3.63, 3.8) is 0 Å². The van der Waals surface area contributed by atoms with Gasteiger partial charge in [-0.25, -0.2) is 0 Å². The molecule has 3 aliphatic rings. The van der Waals surface area contributed by atoms with Crippen LogP contribution in [0.3, 0.4) is 0 Å². The van der Waals surface area contributed by atoms with Gasteiger partial charge in [-0.1, -0.05) is 38.2 Å². The molecule has 0 amide bonds. The van der Waals surface area contributed by atoms with Crippen LogP contribution in [0.4, 0.5) is 0 Å². The first-order valence-electron chi connectivity index (χ1n) is 7.43. The maximum atomic E-state index is 3.40. The second-order valence-electron chi connectivity index (χ2n) is 6.17. The van der Waals surface area contributed by atoms with Crippen LogP contribution in [0, 0.1) is 17.8 Å². The van der Waals surface area contributed by atoms with Crippen molar-refractivity contribution in [2.75, 3.05) is 0 Å². The van der Waals surface area contributed by atoms with E-state index in [-0.39, 0.29) is 0 Å². The molecule has 3 unspecified atom stereocenters. The summed E-state index contributed by atoms with van der Waals surface area (Å²) in [5.41, 5.74) is 8.18. The molecule has 0 N–H and O–H groups in total. The van der Waals surface area contributed by atoms with Crippen molar-refractivity contribution in [1.29, 1.82) is 0 Å². The van der Waals surface area contributed by atoms with Crippen LogP contribution >= 0.6 is 0 Å². The van der Waals surface area contributed by atoms with Crippen LogP contribution in [0.5, 0.6) is 0 Å². The minimum absolute atomic E-state index is 0.862. The van der Waals surface area contributed by atoms with E-state index in [9.17, 15) is 0 Å². The van der Waals surface area contributed by atoms with E-state index in [1.54, 1.807) is 0 Å². The molecular formula is C17H26. The van der Waals surface area contributed by atoms with E-state index in [1.165, 1.54) is 56.9 Å². The molecule has 0 heteroatoms. The van der Waals surface area contributed by atoms with Gasteiger partial charge in [0.05, 0.1) is 0 Å². The number of hydrogen-bond acceptors (Lipinski definition) is 0. The normalized spacial score (nSPS) is 34.7. The van der Waals surface area contributed by atoms with Gasteiger partial charge in [-0.15, -0.1) is 0 Å². The predicted octanol–water partition coefficient (Wildman–Crippen LogP) is 5.26. The smallest absolute Gasteiger partial charge is 0.0196 e. The second-order valence-corrected chi connectivity index (χ2v) is 6.17. The topological polar surface area (TPSA) is 0 Å². The Morgan fingerprint density at radius 3 is 2.82 bits per heavy atom. The van der Waals surface area contributed by atoms with Crippen LogP contribution in [-0.4, -0.2) is 0 Å². The summed E-state index contributed by atoms with van der Waals surface area (Å²) in [6.45, 7) is 4.86. The van der Waals surface area contributed by atoms with Gasteiger partial charge in [0.2, 0.25) is 0 Å². The summed E-state index contributed by atoms with van der Waals surface area (Å²) in [5, 5.41) is 0. The van der Waals surface area contributed by atoms with Crippen molar-refractivity contribution < 1.29 is 0 Å². The lowest BCUT2D eigenvalue weighted by molar-refractivity contribution is 0.258. The Morgan fingerprint density at radius 1 is 1.12 bits per heavy atom. The monoisotopic (exact) mass is 230 g/mol. The first-order chi connectivity index (χ1) is 8.25. The highest BCUT2D eigenvalue weighted by molar-refractivity contribution is 5.06. The summed E-state index contributed by atoms with van der Waals surface area (Å²) in [7, 11) is 0. The van der Waals surface area contributed by atoms with Crippen LogP contribution < -0.4 is 0 Å². The molecule has 0 aliphatic heterocycles. The summed E-state index contributed by atoms with van der Waals surface area (Å²) >= 11 is 0. The molecule has 0 heterocycles. The van der Waals surface area contributed by atoms with E-state index in [0.717, 1.165) is 17.8 Å². The molecule has 0 aromatic heterocycles. The number of rotatable bonds is 0. The van der Waals surface area contributed by atoms with Gasteiger partial charge in [0, 0.05) is 0 Å². The lowest BCUT2D eigenvalue weighted by Crippen LogP contribution is -2.18. The lowest BCUT2D eigenvalue weighted by atomic mass is 9.75. The fourth-order valence-electron chi connectivity index (χ4n) is 3.28. The Balaban J connectivity index is 2.11. The molecule has 0 saturated heterocycles. The molecule has 0 radical (unpaired) electrons. The Kier molecular flexibility index (Phi) is 4.72. The lowest BCUT2D eigenvalue weighted by Gasteiger charge is -2.30.